The average Bonchev–Trinajstić information content (AvgIpc) is 2.95. The molecule has 130 valence electrons. The highest BCUT2D eigenvalue weighted by molar-refractivity contribution is 5.91. The third kappa shape index (κ3) is 5.62. The van der Waals surface area contributed by atoms with Crippen molar-refractivity contribution in [2.45, 2.75) is 45.4 Å². The summed E-state index contributed by atoms with van der Waals surface area (Å²) in [6.45, 7) is 9.67. The molecule has 1 aliphatic heterocycles. The van der Waals surface area contributed by atoms with E-state index in [0.29, 0.717) is 12.4 Å². The van der Waals surface area contributed by atoms with E-state index >= 15 is 0 Å². The molecule has 0 bridgehead atoms. The summed E-state index contributed by atoms with van der Waals surface area (Å²) in [4.78, 5) is 14.4. The summed E-state index contributed by atoms with van der Waals surface area (Å²) >= 11 is 0. The van der Waals surface area contributed by atoms with E-state index in [9.17, 15) is 4.79 Å². The Morgan fingerprint density at radius 2 is 2.09 bits per heavy atom. The van der Waals surface area contributed by atoms with Crippen LogP contribution in [0.3, 0.4) is 0 Å². The van der Waals surface area contributed by atoms with Gasteiger partial charge in [-0.2, -0.15) is 0 Å². The van der Waals surface area contributed by atoms with Crippen LogP contribution in [0.4, 0.5) is 5.88 Å². The predicted octanol–water partition coefficient (Wildman–Crippen LogP) is 2.23. The van der Waals surface area contributed by atoms with Gasteiger partial charge in [0, 0.05) is 11.5 Å². The molecule has 1 fully saturated rings. The average molecular weight is 322 g/mol. The standard InChI is InChI=1S/C17H30N4O2/c1-17(2,3)14-11-16(23-20-14)19-15(22)12-21-9-6-13(7-10-21)5-8-18-4/h11,13,18H,5-10,12H2,1-4H3,(H,19,22). The van der Waals surface area contributed by atoms with Gasteiger partial charge in [0.2, 0.25) is 11.8 Å². The Hall–Kier alpha value is -1.40. The Bertz CT molecular complexity index is 499. The van der Waals surface area contributed by atoms with Crippen molar-refractivity contribution in [2.24, 2.45) is 5.92 Å². The SMILES string of the molecule is CNCCC1CCN(CC(=O)Nc2cc(C(C)(C)C)no2)CC1. The third-order valence-electron chi connectivity index (χ3n) is 4.42. The van der Waals surface area contributed by atoms with Gasteiger partial charge in [-0.3, -0.25) is 15.0 Å². The van der Waals surface area contributed by atoms with Gasteiger partial charge in [-0.05, 0) is 51.9 Å². The van der Waals surface area contributed by atoms with Gasteiger partial charge in [-0.25, -0.2) is 0 Å². The molecule has 6 nitrogen and oxygen atoms in total. The van der Waals surface area contributed by atoms with Gasteiger partial charge in [-0.1, -0.05) is 25.9 Å². The number of amides is 1. The molecule has 1 aromatic heterocycles. The van der Waals surface area contributed by atoms with E-state index in [1.165, 1.54) is 19.3 Å². The number of carbonyl (C=O) groups excluding carboxylic acids is 1. The van der Waals surface area contributed by atoms with Gasteiger partial charge in [0.15, 0.2) is 0 Å². The van der Waals surface area contributed by atoms with Crippen molar-refractivity contribution < 1.29 is 9.32 Å². The van der Waals surface area contributed by atoms with Crippen molar-refractivity contribution >= 4 is 11.8 Å². The number of rotatable bonds is 6. The molecule has 0 aromatic carbocycles. The Morgan fingerprint density at radius 3 is 2.65 bits per heavy atom. The van der Waals surface area contributed by atoms with Crippen molar-refractivity contribution in [2.75, 3.05) is 38.5 Å². The topological polar surface area (TPSA) is 70.4 Å². The summed E-state index contributed by atoms with van der Waals surface area (Å²) < 4.78 is 5.20. The van der Waals surface area contributed by atoms with Crippen LogP contribution in [0.2, 0.25) is 0 Å². The minimum atomic E-state index is -0.0816. The van der Waals surface area contributed by atoms with E-state index < -0.39 is 0 Å². The van der Waals surface area contributed by atoms with Gasteiger partial charge in [0.25, 0.3) is 0 Å². The lowest BCUT2D eigenvalue weighted by Crippen LogP contribution is -2.39. The first-order chi connectivity index (χ1) is 10.9. The molecule has 0 unspecified atom stereocenters. The molecule has 1 saturated heterocycles. The fourth-order valence-corrected chi connectivity index (χ4v) is 2.85. The van der Waals surface area contributed by atoms with Gasteiger partial charge in [0.1, 0.15) is 0 Å². The van der Waals surface area contributed by atoms with E-state index in [2.05, 4.69) is 41.5 Å². The molecular formula is C17H30N4O2. The number of hydrogen-bond donors (Lipinski definition) is 2. The number of carbonyl (C=O) groups is 1. The zero-order valence-corrected chi connectivity index (χ0v) is 14.8. The molecular weight excluding hydrogens is 292 g/mol. The van der Waals surface area contributed by atoms with Crippen LogP contribution in [0.25, 0.3) is 0 Å². The largest absolute Gasteiger partial charge is 0.338 e. The van der Waals surface area contributed by atoms with E-state index in [1.54, 1.807) is 0 Å². The molecule has 0 atom stereocenters. The minimum Gasteiger partial charge on any atom is -0.338 e. The first-order valence-electron chi connectivity index (χ1n) is 8.52. The molecule has 0 aliphatic carbocycles. The molecule has 6 heteroatoms. The van der Waals surface area contributed by atoms with E-state index in [-0.39, 0.29) is 11.3 Å². The molecule has 0 radical (unpaired) electrons. The summed E-state index contributed by atoms with van der Waals surface area (Å²) in [5.74, 6) is 1.18. The zero-order valence-electron chi connectivity index (χ0n) is 14.8. The fraction of sp³-hybridized carbons (Fsp3) is 0.765. The summed E-state index contributed by atoms with van der Waals surface area (Å²) in [7, 11) is 1.99. The lowest BCUT2D eigenvalue weighted by atomic mass is 9.92. The van der Waals surface area contributed by atoms with E-state index in [0.717, 1.165) is 31.2 Å². The van der Waals surface area contributed by atoms with Gasteiger partial charge < -0.3 is 9.84 Å². The number of anilines is 1. The molecule has 23 heavy (non-hydrogen) atoms. The van der Waals surface area contributed by atoms with Crippen molar-refractivity contribution in [3.8, 4) is 0 Å². The molecule has 1 aliphatic rings. The van der Waals surface area contributed by atoms with Crippen LogP contribution >= 0.6 is 0 Å². The first-order valence-corrected chi connectivity index (χ1v) is 8.52. The lowest BCUT2D eigenvalue weighted by Gasteiger charge is -2.31. The Kier molecular flexibility index (Phi) is 6.18. The van der Waals surface area contributed by atoms with Crippen LogP contribution in [0.15, 0.2) is 10.6 Å². The van der Waals surface area contributed by atoms with Crippen LogP contribution < -0.4 is 10.6 Å². The number of likely N-dealkylation sites (tertiary alicyclic amines) is 1. The quantitative estimate of drug-likeness (QED) is 0.840. The molecule has 2 N–H and O–H groups in total. The van der Waals surface area contributed by atoms with Gasteiger partial charge >= 0.3 is 0 Å². The maximum absolute atomic E-state index is 12.1. The number of nitrogens with one attached hydrogen (secondary N) is 2. The van der Waals surface area contributed by atoms with Crippen LogP contribution in [0.1, 0.15) is 45.7 Å². The number of aromatic nitrogens is 1. The number of hydrogen-bond acceptors (Lipinski definition) is 5. The van der Waals surface area contributed by atoms with E-state index in [1.807, 2.05) is 13.1 Å². The van der Waals surface area contributed by atoms with Crippen molar-refractivity contribution in [1.82, 2.24) is 15.4 Å². The Morgan fingerprint density at radius 1 is 1.39 bits per heavy atom. The van der Waals surface area contributed by atoms with Crippen molar-refractivity contribution in [3.05, 3.63) is 11.8 Å². The van der Waals surface area contributed by atoms with Crippen molar-refractivity contribution in [1.29, 1.82) is 0 Å². The highest BCUT2D eigenvalue weighted by Gasteiger charge is 2.22. The van der Waals surface area contributed by atoms with Gasteiger partial charge in [0.05, 0.1) is 12.2 Å². The summed E-state index contributed by atoms with van der Waals surface area (Å²) in [5, 5.41) is 10.0. The second-order valence-corrected chi connectivity index (χ2v) is 7.49. The Balaban J connectivity index is 1.74. The number of piperidine rings is 1. The third-order valence-corrected chi connectivity index (χ3v) is 4.42. The molecule has 2 heterocycles. The summed E-state index contributed by atoms with van der Waals surface area (Å²) in [6, 6.07) is 1.81. The summed E-state index contributed by atoms with van der Waals surface area (Å²) in [5.41, 5.74) is 0.764. The normalized spacial score (nSPS) is 17.4. The second kappa shape index (κ2) is 7.93. The summed E-state index contributed by atoms with van der Waals surface area (Å²) in [6.07, 6.45) is 3.57. The fourth-order valence-electron chi connectivity index (χ4n) is 2.85. The minimum absolute atomic E-state index is 0.0321. The highest BCUT2D eigenvalue weighted by atomic mass is 16.5. The maximum Gasteiger partial charge on any atom is 0.240 e. The van der Waals surface area contributed by atoms with Crippen LogP contribution in [0.5, 0.6) is 0 Å². The molecule has 0 spiro atoms. The molecule has 1 amide bonds. The maximum atomic E-state index is 12.1. The number of nitrogens with zero attached hydrogens (tertiary/aromatic N) is 2. The second-order valence-electron chi connectivity index (χ2n) is 7.49. The van der Waals surface area contributed by atoms with Crippen LogP contribution in [-0.2, 0) is 10.2 Å². The monoisotopic (exact) mass is 322 g/mol. The van der Waals surface area contributed by atoms with Crippen LogP contribution in [-0.4, -0.2) is 49.2 Å². The highest BCUT2D eigenvalue weighted by Crippen LogP contribution is 2.24. The molecule has 1 aromatic rings. The first kappa shape index (κ1) is 17.9. The van der Waals surface area contributed by atoms with Gasteiger partial charge in [-0.15, -0.1) is 0 Å². The Labute approximate surface area is 139 Å². The molecule has 2 rings (SSSR count). The lowest BCUT2D eigenvalue weighted by molar-refractivity contribution is -0.117. The predicted molar refractivity (Wildman–Crippen MR) is 91.5 cm³/mol. The molecule has 0 saturated carbocycles. The van der Waals surface area contributed by atoms with E-state index in [4.69, 9.17) is 4.52 Å². The smallest absolute Gasteiger partial charge is 0.240 e. The van der Waals surface area contributed by atoms with Crippen LogP contribution in [0, 0.1) is 5.92 Å². The van der Waals surface area contributed by atoms with Crippen molar-refractivity contribution in [3.63, 3.8) is 0 Å². The zero-order chi connectivity index (χ0) is 16.9.